The number of hydrogen-bond acceptors (Lipinski definition) is 4. The summed E-state index contributed by atoms with van der Waals surface area (Å²) in [6, 6.07) is 0. The molecule has 0 saturated carbocycles. The average Bonchev–Trinajstić information content (AvgIpc) is 2.72. The van der Waals surface area contributed by atoms with Gasteiger partial charge in [0.15, 0.2) is 0 Å². The third kappa shape index (κ3) is 3.54. The topological polar surface area (TPSA) is 66.4 Å². The Hall–Kier alpha value is -0.430. The van der Waals surface area contributed by atoms with Crippen molar-refractivity contribution in [3.8, 4) is 0 Å². The van der Waals surface area contributed by atoms with Gasteiger partial charge >= 0.3 is 0 Å². The Balaban J connectivity index is 2.89. The van der Waals surface area contributed by atoms with E-state index in [0.717, 1.165) is 12.8 Å². The van der Waals surface area contributed by atoms with Crippen LogP contribution in [-0.2, 0) is 16.6 Å². The number of aryl methyl sites for hydroxylation is 1. The van der Waals surface area contributed by atoms with Gasteiger partial charge in [-0.3, -0.25) is 0 Å². The van der Waals surface area contributed by atoms with E-state index < -0.39 is 10.0 Å². The molecule has 0 amide bonds. The summed E-state index contributed by atoms with van der Waals surface area (Å²) in [7, 11) is -3.51. The molecule has 1 rings (SSSR count). The highest BCUT2D eigenvalue weighted by Gasteiger charge is 2.23. The van der Waals surface area contributed by atoms with Gasteiger partial charge in [-0.05, 0) is 23.8 Å². The highest BCUT2D eigenvalue weighted by molar-refractivity contribution is 7.89. The molecule has 1 heterocycles. The molecule has 0 aliphatic carbocycles. The summed E-state index contributed by atoms with van der Waals surface area (Å²) >= 11 is 1.28. The van der Waals surface area contributed by atoms with Gasteiger partial charge in [-0.15, -0.1) is 11.3 Å². The first-order valence-electron chi connectivity index (χ1n) is 6.13. The Kier molecular flexibility index (Phi) is 5.78. The largest absolute Gasteiger partial charge is 0.391 e. The number of aliphatic hydroxyl groups is 1. The van der Waals surface area contributed by atoms with E-state index in [1.165, 1.54) is 11.3 Å². The predicted octanol–water partition coefficient (Wildman–Crippen LogP) is 2.26. The van der Waals surface area contributed by atoms with E-state index in [9.17, 15) is 13.5 Å². The van der Waals surface area contributed by atoms with Crippen molar-refractivity contribution < 1.29 is 13.5 Å². The number of sulfonamides is 1. The molecule has 1 aromatic rings. The summed E-state index contributed by atoms with van der Waals surface area (Å²) in [6.45, 7) is 6.07. The summed E-state index contributed by atoms with van der Waals surface area (Å²) in [5.41, 5.74) is 0.695. The minimum Gasteiger partial charge on any atom is -0.391 e. The van der Waals surface area contributed by atoms with Crippen LogP contribution in [0.25, 0.3) is 0 Å². The Bertz CT molecular complexity index is 476. The minimum absolute atomic E-state index is 0.236. The Morgan fingerprint density at radius 2 is 2.00 bits per heavy atom. The lowest BCUT2D eigenvalue weighted by molar-refractivity contribution is 0.282. The quantitative estimate of drug-likeness (QED) is 0.810. The molecule has 1 aromatic heterocycles. The number of rotatable bonds is 7. The van der Waals surface area contributed by atoms with Gasteiger partial charge in [0.05, 0.1) is 11.5 Å². The van der Waals surface area contributed by atoms with E-state index in [1.54, 1.807) is 12.3 Å². The molecule has 0 aromatic carbocycles. The third-order valence-corrected chi connectivity index (χ3v) is 5.99. The summed E-state index contributed by atoms with van der Waals surface area (Å²) in [5, 5.41) is 10.9. The van der Waals surface area contributed by atoms with Crippen LogP contribution in [-0.4, -0.2) is 20.1 Å². The molecule has 0 bridgehead atoms. The molecule has 0 spiro atoms. The third-order valence-electron chi connectivity index (χ3n) is 3.12. The molecule has 0 unspecified atom stereocenters. The van der Waals surface area contributed by atoms with Gasteiger partial charge in [-0.25, -0.2) is 13.1 Å². The second-order valence-corrected chi connectivity index (χ2v) is 7.03. The molecule has 6 heteroatoms. The predicted molar refractivity (Wildman–Crippen MR) is 74.2 cm³/mol. The van der Waals surface area contributed by atoms with E-state index in [1.807, 2.05) is 0 Å². The van der Waals surface area contributed by atoms with Crippen LogP contribution in [0, 0.1) is 12.8 Å². The monoisotopic (exact) mass is 291 g/mol. The number of aliphatic hydroxyl groups excluding tert-OH is 1. The first-order chi connectivity index (χ1) is 8.46. The summed E-state index contributed by atoms with van der Waals surface area (Å²) < 4.78 is 27.1. The first kappa shape index (κ1) is 15.6. The summed E-state index contributed by atoms with van der Waals surface area (Å²) in [6.07, 6.45) is 1.91. The highest BCUT2D eigenvalue weighted by atomic mass is 32.2. The first-order valence-corrected chi connectivity index (χ1v) is 8.50. The zero-order chi connectivity index (χ0) is 13.8. The van der Waals surface area contributed by atoms with Crippen LogP contribution in [0.4, 0.5) is 0 Å². The van der Waals surface area contributed by atoms with Crippen LogP contribution in [0.1, 0.15) is 37.1 Å². The molecule has 0 aliphatic heterocycles. The second-order valence-electron chi connectivity index (χ2n) is 4.36. The van der Waals surface area contributed by atoms with Gasteiger partial charge in [-0.2, -0.15) is 0 Å². The molecule has 4 nitrogen and oxygen atoms in total. The summed E-state index contributed by atoms with van der Waals surface area (Å²) in [4.78, 5) is 0.755. The van der Waals surface area contributed by atoms with Crippen molar-refractivity contribution in [1.29, 1.82) is 0 Å². The van der Waals surface area contributed by atoms with Gasteiger partial charge in [0, 0.05) is 6.54 Å². The van der Waals surface area contributed by atoms with Gasteiger partial charge in [0.25, 0.3) is 0 Å². The highest BCUT2D eigenvalue weighted by Crippen LogP contribution is 2.26. The fourth-order valence-corrected chi connectivity index (χ4v) is 4.61. The molecule has 0 aliphatic rings. The van der Waals surface area contributed by atoms with Gasteiger partial charge < -0.3 is 5.11 Å². The number of thiophene rings is 1. The van der Waals surface area contributed by atoms with Crippen molar-refractivity contribution in [1.82, 2.24) is 4.72 Å². The van der Waals surface area contributed by atoms with Crippen molar-refractivity contribution in [2.45, 2.75) is 45.1 Å². The Morgan fingerprint density at radius 3 is 2.50 bits per heavy atom. The van der Waals surface area contributed by atoms with Crippen molar-refractivity contribution in [2.24, 2.45) is 5.92 Å². The van der Waals surface area contributed by atoms with Gasteiger partial charge in [-0.1, -0.05) is 26.7 Å². The SMILES string of the molecule is CCC(CC)CNS(=O)(=O)c1c(C)csc1CO. The second kappa shape index (κ2) is 6.65. The lowest BCUT2D eigenvalue weighted by Gasteiger charge is -2.14. The van der Waals surface area contributed by atoms with E-state index >= 15 is 0 Å². The van der Waals surface area contributed by atoms with Crippen LogP contribution in [0.2, 0.25) is 0 Å². The fraction of sp³-hybridized carbons (Fsp3) is 0.667. The summed E-state index contributed by atoms with van der Waals surface area (Å²) in [5.74, 6) is 0.358. The Labute approximate surface area is 113 Å². The van der Waals surface area contributed by atoms with Crippen molar-refractivity contribution in [3.63, 3.8) is 0 Å². The average molecular weight is 291 g/mol. The van der Waals surface area contributed by atoms with Crippen LogP contribution in [0.5, 0.6) is 0 Å². The van der Waals surface area contributed by atoms with Crippen molar-refractivity contribution >= 4 is 21.4 Å². The maximum absolute atomic E-state index is 12.2. The molecular formula is C12H21NO3S2. The smallest absolute Gasteiger partial charge is 0.242 e. The van der Waals surface area contributed by atoms with Crippen LogP contribution in [0.15, 0.2) is 10.3 Å². The molecule has 104 valence electrons. The van der Waals surface area contributed by atoms with Crippen molar-refractivity contribution in [3.05, 3.63) is 15.8 Å². The van der Waals surface area contributed by atoms with Gasteiger partial charge in [0.1, 0.15) is 4.90 Å². The van der Waals surface area contributed by atoms with E-state index in [0.29, 0.717) is 22.9 Å². The standard InChI is InChI=1S/C12H21NO3S2/c1-4-10(5-2)6-13-18(15,16)12-9(3)8-17-11(12)7-14/h8,10,13-14H,4-7H2,1-3H3. The van der Waals surface area contributed by atoms with Gasteiger partial charge in [0.2, 0.25) is 10.0 Å². The maximum atomic E-state index is 12.2. The van der Waals surface area contributed by atoms with Crippen LogP contribution >= 0.6 is 11.3 Å². The molecule has 2 N–H and O–H groups in total. The lowest BCUT2D eigenvalue weighted by atomic mass is 10.0. The number of hydrogen-bond donors (Lipinski definition) is 2. The Morgan fingerprint density at radius 1 is 1.39 bits per heavy atom. The van der Waals surface area contributed by atoms with E-state index in [4.69, 9.17) is 0 Å². The number of nitrogens with one attached hydrogen (secondary N) is 1. The zero-order valence-electron chi connectivity index (χ0n) is 11.1. The maximum Gasteiger partial charge on any atom is 0.242 e. The molecular weight excluding hydrogens is 270 g/mol. The molecule has 18 heavy (non-hydrogen) atoms. The zero-order valence-corrected chi connectivity index (χ0v) is 12.7. The van der Waals surface area contributed by atoms with Crippen LogP contribution in [0.3, 0.4) is 0 Å². The van der Waals surface area contributed by atoms with Crippen molar-refractivity contribution in [2.75, 3.05) is 6.54 Å². The molecule has 0 fully saturated rings. The van der Waals surface area contributed by atoms with E-state index in [-0.39, 0.29) is 11.5 Å². The fourth-order valence-electron chi connectivity index (χ4n) is 1.83. The molecule has 0 saturated heterocycles. The minimum atomic E-state index is -3.51. The normalized spacial score (nSPS) is 12.3. The molecule has 0 atom stereocenters. The molecule has 0 radical (unpaired) electrons. The lowest BCUT2D eigenvalue weighted by Crippen LogP contribution is -2.29. The van der Waals surface area contributed by atoms with E-state index in [2.05, 4.69) is 18.6 Å². The van der Waals surface area contributed by atoms with Crippen LogP contribution < -0.4 is 4.72 Å².